The molecule has 5 heteroatoms. The first-order valence-corrected chi connectivity index (χ1v) is 5.32. The van der Waals surface area contributed by atoms with Crippen molar-refractivity contribution in [3.8, 4) is 17.6 Å². The van der Waals surface area contributed by atoms with Gasteiger partial charge in [-0.1, -0.05) is 15.9 Å². The van der Waals surface area contributed by atoms with Crippen LogP contribution >= 0.6 is 27.5 Å². The Hall–Kier alpha value is -0.920. The molecule has 0 spiro atoms. The van der Waals surface area contributed by atoms with Gasteiger partial charge in [-0.2, -0.15) is 5.26 Å². The van der Waals surface area contributed by atoms with Crippen LogP contribution in [0.25, 0.3) is 0 Å². The van der Waals surface area contributed by atoms with Crippen molar-refractivity contribution < 1.29 is 9.47 Å². The zero-order valence-electron chi connectivity index (χ0n) is 8.25. The normalized spacial score (nSPS) is 11.7. The summed E-state index contributed by atoms with van der Waals surface area (Å²) in [4.78, 5) is 0. The number of ether oxygens (including phenoxy) is 2. The Balaban J connectivity index is 3.27. The number of rotatable bonds is 3. The smallest absolute Gasteiger partial charge is 0.161 e. The van der Waals surface area contributed by atoms with Crippen molar-refractivity contribution in [1.82, 2.24) is 0 Å². The maximum Gasteiger partial charge on any atom is 0.161 e. The monoisotopic (exact) mass is 289 g/mol. The third-order valence-corrected chi connectivity index (χ3v) is 2.91. The molecule has 1 unspecified atom stereocenters. The maximum absolute atomic E-state index is 8.73. The lowest BCUT2D eigenvalue weighted by atomic mass is 10.1. The minimum atomic E-state index is -0.709. The highest BCUT2D eigenvalue weighted by Crippen LogP contribution is 2.37. The average molecular weight is 291 g/mol. The van der Waals surface area contributed by atoms with E-state index in [4.69, 9.17) is 26.3 Å². The van der Waals surface area contributed by atoms with Crippen LogP contribution in [0.3, 0.4) is 0 Å². The number of nitriles is 1. The average Bonchev–Trinajstić information content (AvgIpc) is 2.27. The highest BCUT2D eigenvalue weighted by molar-refractivity contribution is 9.10. The second-order valence-corrected chi connectivity index (χ2v) is 4.01. The molecular formula is C10H9BrClNO2. The highest BCUT2D eigenvalue weighted by Gasteiger charge is 2.15. The van der Waals surface area contributed by atoms with Gasteiger partial charge in [0.1, 0.15) is 5.38 Å². The summed E-state index contributed by atoms with van der Waals surface area (Å²) in [5, 5.41) is 8.02. The number of nitrogens with zero attached hydrogens (tertiary/aromatic N) is 1. The summed E-state index contributed by atoms with van der Waals surface area (Å²) in [7, 11) is 3.08. The first kappa shape index (κ1) is 12.2. The Kier molecular flexibility index (Phi) is 4.25. The molecule has 0 bridgehead atoms. The molecule has 0 heterocycles. The summed E-state index contributed by atoms with van der Waals surface area (Å²) in [6, 6.07) is 5.36. The lowest BCUT2D eigenvalue weighted by molar-refractivity contribution is 0.354. The third kappa shape index (κ3) is 2.55. The molecule has 0 amide bonds. The molecule has 0 N–H and O–H groups in total. The van der Waals surface area contributed by atoms with Crippen molar-refractivity contribution in [3.05, 3.63) is 22.2 Å². The number of alkyl halides is 1. The molecular weight excluding hydrogens is 281 g/mol. The van der Waals surface area contributed by atoms with Gasteiger partial charge in [0.25, 0.3) is 0 Å². The van der Waals surface area contributed by atoms with Crippen molar-refractivity contribution in [2.45, 2.75) is 5.38 Å². The van der Waals surface area contributed by atoms with E-state index in [1.807, 2.05) is 6.07 Å². The van der Waals surface area contributed by atoms with Crippen molar-refractivity contribution >= 4 is 27.5 Å². The molecule has 0 aliphatic heterocycles. The second kappa shape index (κ2) is 5.24. The van der Waals surface area contributed by atoms with Crippen LogP contribution in [0.1, 0.15) is 10.9 Å². The lowest BCUT2D eigenvalue weighted by Gasteiger charge is -2.11. The summed E-state index contributed by atoms with van der Waals surface area (Å²) in [6.45, 7) is 0. The molecule has 0 fully saturated rings. The van der Waals surface area contributed by atoms with Gasteiger partial charge in [0.05, 0.1) is 20.3 Å². The Morgan fingerprint density at radius 3 is 2.33 bits per heavy atom. The first-order valence-electron chi connectivity index (χ1n) is 4.09. The predicted molar refractivity (Wildman–Crippen MR) is 61.5 cm³/mol. The van der Waals surface area contributed by atoms with Gasteiger partial charge in [0.2, 0.25) is 0 Å². The summed E-state index contributed by atoms with van der Waals surface area (Å²) >= 11 is 9.15. The second-order valence-electron chi connectivity index (χ2n) is 2.72. The predicted octanol–water partition coefficient (Wildman–Crippen LogP) is 3.27. The molecule has 0 saturated heterocycles. The molecule has 15 heavy (non-hydrogen) atoms. The van der Waals surface area contributed by atoms with Gasteiger partial charge >= 0.3 is 0 Å². The van der Waals surface area contributed by atoms with Crippen LogP contribution in [0.5, 0.6) is 11.5 Å². The molecule has 0 saturated carbocycles. The maximum atomic E-state index is 8.73. The van der Waals surface area contributed by atoms with E-state index in [9.17, 15) is 0 Å². The van der Waals surface area contributed by atoms with Crippen molar-refractivity contribution in [2.75, 3.05) is 14.2 Å². The molecule has 0 aliphatic carbocycles. The number of hydrogen-bond donors (Lipinski definition) is 0. The zero-order valence-corrected chi connectivity index (χ0v) is 10.6. The van der Waals surface area contributed by atoms with E-state index in [1.54, 1.807) is 19.2 Å². The summed E-state index contributed by atoms with van der Waals surface area (Å²) in [5.41, 5.74) is 0.664. The molecule has 0 aromatic heterocycles. The number of hydrogen-bond acceptors (Lipinski definition) is 3. The van der Waals surface area contributed by atoms with Crippen molar-refractivity contribution in [2.24, 2.45) is 0 Å². The standard InChI is InChI=1S/C10H9BrClNO2/c1-14-9-3-6(8(12)5-13)7(11)4-10(9)15-2/h3-4,8H,1-2H3. The molecule has 0 aliphatic rings. The van der Waals surface area contributed by atoms with Crippen LogP contribution in [0.4, 0.5) is 0 Å². The molecule has 1 aromatic rings. The Bertz CT molecular complexity index is 403. The summed E-state index contributed by atoms with van der Waals surface area (Å²) in [6.07, 6.45) is 0. The number of methoxy groups -OCH3 is 2. The fraction of sp³-hybridized carbons (Fsp3) is 0.300. The molecule has 0 radical (unpaired) electrons. The van der Waals surface area contributed by atoms with Gasteiger partial charge in [-0.15, -0.1) is 11.6 Å². The highest BCUT2D eigenvalue weighted by atomic mass is 79.9. The fourth-order valence-corrected chi connectivity index (χ4v) is 2.00. The van der Waals surface area contributed by atoms with Crippen LogP contribution in [0.2, 0.25) is 0 Å². The third-order valence-electron chi connectivity index (χ3n) is 1.89. The fourth-order valence-electron chi connectivity index (χ4n) is 1.13. The lowest BCUT2D eigenvalue weighted by Crippen LogP contribution is -1.95. The van der Waals surface area contributed by atoms with Crippen molar-refractivity contribution in [1.29, 1.82) is 5.26 Å². The van der Waals surface area contributed by atoms with Gasteiger partial charge in [-0.25, -0.2) is 0 Å². The Morgan fingerprint density at radius 2 is 1.87 bits per heavy atom. The van der Waals surface area contributed by atoms with Crippen LogP contribution < -0.4 is 9.47 Å². The van der Waals surface area contributed by atoms with E-state index in [0.717, 1.165) is 4.47 Å². The van der Waals surface area contributed by atoms with Crippen LogP contribution in [-0.4, -0.2) is 14.2 Å². The summed E-state index contributed by atoms with van der Waals surface area (Å²) in [5.74, 6) is 1.14. The molecule has 80 valence electrons. The van der Waals surface area contributed by atoms with E-state index >= 15 is 0 Å². The Labute approximate surface area is 102 Å². The van der Waals surface area contributed by atoms with Gasteiger partial charge < -0.3 is 9.47 Å². The largest absolute Gasteiger partial charge is 0.493 e. The quantitative estimate of drug-likeness (QED) is 0.802. The van der Waals surface area contributed by atoms with Crippen LogP contribution in [-0.2, 0) is 0 Å². The first-order chi connectivity index (χ1) is 7.13. The van der Waals surface area contributed by atoms with Gasteiger partial charge in [0.15, 0.2) is 11.5 Å². The van der Waals surface area contributed by atoms with Crippen LogP contribution in [0.15, 0.2) is 16.6 Å². The SMILES string of the molecule is COc1cc(Br)c(C(Cl)C#N)cc1OC. The molecule has 1 rings (SSSR count). The van der Waals surface area contributed by atoms with E-state index in [-0.39, 0.29) is 0 Å². The minimum Gasteiger partial charge on any atom is -0.493 e. The number of halogens is 2. The molecule has 1 atom stereocenters. The van der Waals surface area contributed by atoms with Gasteiger partial charge in [0, 0.05) is 10.0 Å². The zero-order chi connectivity index (χ0) is 11.4. The topological polar surface area (TPSA) is 42.2 Å². The van der Waals surface area contributed by atoms with E-state index in [2.05, 4.69) is 15.9 Å². The molecule has 3 nitrogen and oxygen atoms in total. The van der Waals surface area contributed by atoms with Gasteiger partial charge in [-0.05, 0) is 12.1 Å². The number of benzene rings is 1. The van der Waals surface area contributed by atoms with Gasteiger partial charge in [-0.3, -0.25) is 0 Å². The minimum absolute atomic E-state index is 0.552. The van der Waals surface area contributed by atoms with E-state index < -0.39 is 5.38 Å². The van der Waals surface area contributed by atoms with E-state index in [0.29, 0.717) is 17.1 Å². The van der Waals surface area contributed by atoms with Crippen LogP contribution in [0, 0.1) is 11.3 Å². The van der Waals surface area contributed by atoms with E-state index in [1.165, 1.54) is 7.11 Å². The Morgan fingerprint density at radius 1 is 1.33 bits per heavy atom. The van der Waals surface area contributed by atoms with Crippen molar-refractivity contribution in [3.63, 3.8) is 0 Å². The summed E-state index contributed by atoms with van der Waals surface area (Å²) < 4.78 is 10.9. The molecule has 1 aromatic carbocycles.